The fourth-order valence-electron chi connectivity index (χ4n) is 3.53. The molecule has 0 bridgehead atoms. The van der Waals surface area contributed by atoms with Gasteiger partial charge in [0, 0.05) is 30.5 Å². The van der Waals surface area contributed by atoms with Gasteiger partial charge in [-0.25, -0.2) is 9.78 Å². The number of nitrogens with zero attached hydrogens (tertiary/aromatic N) is 3. The van der Waals surface area contributed by atoms with Crippen molar-refractivity contribution in [2.45, 2.75) is 44.9 Å². The Balaban J connectivity index is 1.93. The summed E-state index contributed by atoms with van der Waals surface area (Å²) in [5, 5.41) is 11.7. The highest BCUT2D eigenvalue weighted by Gasteiger charge is 2.24. The Labute approximate surface area is 157 Å². The van der Waals surface area contributed by atoms with Gasteiger partial charge < -0.3 is 4.74 Å². The van der Waals surface area contributed by atoms with Gasteiger partial charge in [0.2, 0.25) is 0 Å². The molecular formula is C20H23N3O4. The minimum atomic E-state index is -0.474. The maximum atomic E-state index is 11.7. The molecule has 0 spiro atoms. The van der Waals surface area contributed by atoms with Crippen molar-refractivity contribution in [1.29, 1.82) is 0 Å². The normalized spacial score (nSPS) is 15.1. The van der Waals surface area contributed by atoms with Crippen molar-refractivity contribution < 1.29 is 14.5 Å². The maximum absolute atomic E-state index is 11.7. The third-order valence-corrected chi connectivity index (χ3v) is 4.79. The van der Waals surface area contributed by atoms with E-state index in [1.165, 1.54) is 24.6 Å². The van der Waals surface area contributed by atoms with Crippen molar-refractivity contribution in [1.82, 2.24) is 9.55 Å². The second kappa shape index (κ2) is 8.62. The summed E-state index contributed by atoms with van der Waals surface area (Å²) in [4.78, 5) is 27.2. The molecule has 1 saturated carbocycles. The Hall–Kier alpha value is -2.96. The largest absolute Gasteiger partial charge is 0.463 e. The molecule has 0 radical (unpaired) electrons. The van der Waals surface area contributed by atoms with Crippen LogP contribution < -0.4 is 0 Å². The van der Waals surface area contributed by atoms with E-state index in [9.17, 15) is 14.9 Å². The minimum Gasteiger partial charge on any atom is -0.463 e. The van der Waals surface area contributed by atoms with E-state index < -0.39 is 10.9 Å². The summed E-state index contributed by atoms with van der Waals surface area (Å²) in [5.74, 6) is 0.739. The molecule has 0 saturated heterocycles. The number of carbonyl (C=O) groups is 1. The van der Waals surface area contributed by atoms with Crippen molar-refractivity contribution in [2.24, 2.45) is 0 Å². The van der Waals surface area contributed by atoms with Gasteiger partial charge >= 0.3 is 5.97 Å². The molecule has 1 aliphatic carbocycles. The Morgan fingerprint density at radius 2 is 2.15 bits per heavy atom. The number of aromatic nitrogens is 2. The molecule has 2 aromatic rings. The third-order valence-electron chi connectivity index (χ3n) is 4.79. The fourth-order valence-corrected chi connectivity index (χ4v) is 3.53. The van der Waals surface area contributed by atoms with E-state index in [1.54, 1.807) is 31.5 Å². The van der Waals surface area contributed by atoms with Crippen LogP contribution in [0.2, 0.25) is 0 Å². The van der Waals surface area contributed by atoms with Crippen LogP contribution in [0.3, 0.4) is 0 Å². The molecular weight excluding hydrogens is 346 g/mol. The Morgan fingerprint density at radius 3 is 2.85 bits per heavy atom. The molecule has 1 fully saturated rings. The molecule has 0 amide bonds. The molecule has 0 N–H and O–H groups in total. The van der Waals surface area contributed by atoms with Gasteiger partial charge in [-0.1, -0.05) is 25.3 Å². The van der Waals surface area contributed by atoms with E-state index in [0.717, 1.165) is 31.5 Å². The molecule has 3 rings (SSSR count). The van der Waals surface area contributed by atoms with Crippen LogP contribution in [0, 0.1) is 10.1 Å². The second-order valence-corrected chi connectivity index (χ2v) is 6.58. The van der Waals surface area contributed by atoms with Crippen LogP contribution in [-0.4, -0.2) is 27.1 Å². The van der Waals surface area contributed by atoms with Gasteiger partial charge in [-0.2, -0.15) is 0 Å². The lowest BCUT2D eigenvalue weighted by Crippen LogP contribution is -2.12. The number of ether oxygens (including phenoxy) is 1. The van der Waals surface area contributed by atoms with Crippen LogP contribution in [-0.2, 0) is 9.53 Å². The minimum absolute atomic E-state index is 0.0175. The number of benzene rings is 1. The molecule has 0 atom stereocenters. The van der Waals surface area contributed by atoms with Gasteiger partial charge in [0.15, 0.2) is 0 Å². The van der Waals surface area contributed by atoms with Crippen molar-refractivity contribution in [2.75, 3.05) is 6.61 Å². The van der Waals surface area contributed by atoms with Crippen LogP contribution in [0.1, 0.15) is 56.3 Å². The highest BCUT2D eigenvalue weighted by Crippen LogP contribution is 2.34. The third kappa shape index (κ3) is 4.42. The lowest BCUT2D eigenvalue weighted by Gasteiger charge is -2.22. The fraction of sp³-hybridized carbons (Fsp3) is 0.400. The number of hydrogen-bond acceptors (Lipinski definition) is 5. The van der Waals surface area contributed by atoms with Gasteiger partial charge in [-0.3, -0.25) is 14.7 Å². The number of rotatable bonds is 6. The summed E-state index contributed by atoms with van der Waals surface area (Å²) in [6.07, 6.45) is 11.9. The van der Waals surface area contributed by atoms with E-state index in [0.29, 0.717) is 17.2 Å². The van der Waals surface area contributed by atoms with Crippen molar-refractivity contribution >= 4 is 17.7 Å². The molecule has 27 heavy (non-hydrogen) atoms. The Bertz CT molecular complexity index is 851. The summed E-state index contributed by atoms with van der Waals surface area (Å²) in [6, 6.07) is 4.93. The first kappa shape index (κ1) is 18.8. The zero-order chi connectivity index (χ0) is 19.2. The predicted molar refractivity (Wildman–Crippen MR) is 102 cm³/mol. The highest BCUT2D eigenvalue weighted by atomic mass is 16.6. The molecule has 1 heterocycles. The molecule has 0 unspecified atom stereocenters. The van der Waals surface area contributed by atoms with Gasteiger partial charge in [0.05, 0.1) is 11.5 Å². The number of esters is 1. The topological polar surface area (TPSA) is 87.3 Å². The molecule has 7 heteroatoms. The predicted octanol–water partition coefficient (Wildman–Crippen LogP) is 4.40. The van der Waals surface area contributed by atoms with Crippen LogP contribution in [0.5, 0.6) is 0 Å². The smallest absolute Gasteiger partial charge is 0.330 e. The lowest BCUT2D eigenvalue weighted by atomic mass is 9.88. The van der Waals surface area contributed by atoms with E-state index in [-0.39, 0.29) is 12.3 Å². The molecule has 1 aromatic carbocycles. The highest BCUT2D eigenvalue weighted by molar-refractivity contribution is 5.87. The van der Waals surface area contributed by atoms with E-state index in [2.05, 4.69) is 4.98 Å². The second-order valence-electron chi connectivity index (χ2n) is 6.58. The summed E-state index contributed by atoms with van der Waals surface area (Å²) in [5.41, 5.74) is 1.04. The van der Waals surface area contributed by atoms with E-state index in [4.69, 9.17) is 4.74 Å². The van der Waals surface area contributed by atoms with Crippen molar-refractivity contribution in [3.8, 4) is 5.69 Å². The molecule has 7 nitrogen and oxygen atoms in total. The van der Waals surface area contributed by atoms with E-state index >= 15 is 0 Å². The zero-order valence-electron chi connectivity index (χ0n) is 15.3. The summed E-state index contributed by atoms with van der Waals surface area (Å²) in [7, 11) is 0. The molecule has 0 aliphatic heterocycles. The molecule has 1 aliphatic rings. The van der Waals surface area contributed by atoms with Gasteiger partial charge in [-0.15, -0.1) is 0 Å². The maximum Gasteiger partial charge on any atom is 0.330 e. The van der Waals surface area contributed by atoms with Crippen molar-refractivity contribution in [3.63, 3.8) is 0 Å². The number of carbonyl (C=O) groups excluding carboxylic acids is 1. The van der Waals surface area contributed by atoms with Crippen LogP contribution in [0.25, 0.3) is 11.8 Å². The first-order valence-electron chi connectivity index (χ1n) is 9.27. The SMILES string of the molecule is CCOC(=O)C=Cc1ccc(-n2ccnc2C2CCCCC2)c([N+](=O)[O-])c1. The monoisotopic (exact) mass is 369 g/mol. The average molecular weight is 369 g/mol. The standard InChI is InChI=1S/C20H23N3O4/c1-2-27-19(24)11-9-15-8-10-17(18(14-15)23(25)26)22-13-12-21-20(22)16-6-4-3-5-7-16/h8-14,16H,2-7H2,1H3. The Kier molecular flexibility index (Phi) is 6.01. The average Bonchev–Trinajstić information content (AvgIpc) is 3.16. The van der Waals surface area contributed by atoms with E-state index in [1.807, 2.05) is 4.57 Å². The van der Waals surface area contributed by atoms with Crippen LogP contribution >= 0.6 is 0 Å². The number of nitro groups is 1. The van der Waals surface area contributed by atoms with Gasteiger partial charge in [0.25, 0.3) is 5.69 Å². The summed E-state index contributed by atoms with van der Waals surface area (Å²) in [6.45, 7) is 2.01. The molecule has 1 aromatic heterocycles. The number of imidazole rings is 1. The Morgan fingerprint density at radius 1 is 1.37 bits per heavy atom. The van der Waals surface area contributed by atoms with Gasteiger partial charge in [-0.05, 0) is 37.5 Å². The van der Waals surface area contributed by atoms with Crippen LogP contribution in [0.4, 0.5) is 5.69 Å². The number of hydrogen-bond donors (Lipinski definition) is 0. The number of nitro benzene ring substituents is 1. The van der Waals surface area contributed by atoms with Crippen molar-refractivity contribution in [3.05, 3.63) is 58.2 Å². The first-order valence-corrected chi connectivity index (χ1v) is 9.27. The first-order chi connectivity index (χ1) is 13.1. The summed E-state index contributed by atoms with van der Waals surface area (Å²) < 4.78 is 6.66. The summed E-state index contributed by atoms with van der Waals surface area (Å²) >= 11 is 0. The molecule has 142 valence electrons. The van der Waals surface area contributed by atoms with Crippen LogP contribution in [0.15, 0.2) is 36.7 Å². The van der Waals surface area contributed by atoms with Gasteiger partial charge in [0.1, 0.15) is 11.5 Å². The quantitative estimate of drug-likeness (QED) is 0.326. The zero-order valence-corrected chi connectivity index (χ0v) is 15.3. The lowest BCUT2D eigenvalue weighted by molar-refractivity contribution is -0.384.